The number of rotatable bonds is 4. The molecule has 0 aliphatic heterocycles. The molecule has 0 fully saturated rings. The molecular formula is C14H14ClF2NO. The van der Waals surface area contributed by atoms with Crippen molar-refractivity contribution in [3.05, 3.63) is 54.1 Å². The second kappa shape index (κ2) is 7.07. The van der Waals surface area contributed by atoms with E-state index in [-0.39, 0.29) is 30.6 Å². The van der Waals surface area contributed by atoms with Crippen LogP contribution in [0.3, 0.4) is 0 Å². The lowest BCUT2D eigenvalue weighted by molar-refractivity contribution is 0.311. The highest BCUT2D eigenvalue weighted by Crippen LogP contribution is 2.25. The van der Waals surface area contributed by atoms with Gasteiger partial charge in [0, 0.05) is 6.54 Å². The van der Waals surface area contributed by atoms with Gasteiger partial charge < -0.3 is 10.5 Å². The van der Waals surface area contributed by atoms with Crippen molar-refractivity contribution in [2.75, 3.05) is 13.2 Å². The van der Waals surface area contributed by atoms with Crippen LogP contribution in [0.4, 0.5) is 8.78 Å². The molecule has 0 bridgehead atoms. The van der Waals surface area contributed by atoms with E-state index in [0.29, 0.717) is 12.1 Å². The molecule has 0 atom stereocenters. The van der Waals surface area contributed by atoms with Crippen LogP contribution in [0, 0.1) is 11.6 Å². The fourth-order valence-corrected chi connectivity index (χ4v) is 1.61. The summed E-state index contributed by atoms with van der Waals surface area (Å²) in [5, 5.41) is 0. The molecule has 0 aliphatic rings. The van der Waals surface area contributed by atoms with E-state index < -0.39 is 5.82 Å². The third-order valence-electron chi connectivity index (χ3n) is 2.48. The van der Waals surface area contributed by atoms with Crippen LogP contribution < -0.4 is 10.5 Å². The van der Waals surface area contributed by atoms with Gasteiger partial charge >= 0.3 is 0 Å². The lowest BCUT2D eigenvalue weighted by atomic mass is 10.1. The molecule has 2 nitrogen and oxygen atoms in total. The molecule has 0 heterocycles. The molecule has 5 heteroatoms. The van der Waals surface area contributed by atoms with Gasteiger partial charge in [0.15, 0.2) is 11.6 Å². The first-order chi connectivity index (χ1) is 8.70. The largest absolute Gasteiger partial charge is 0.489 e. The van der Waals surface area contributed by atoms with Crippen LogP contribution in [0.15, 0.2) is 42.5 Å². The Morgan fingerprint density at radius 2 is 1.58 bits per heavy atom. The van der Waals surface area contributed by atoms with Crippen molar-refractivity contribution in [2.24, 2.45) is 5.73 Å². The van der Waals surface area contributed by atoms with Gasteiger partial charge in [0.25, 0.3) is 0 Å². The average Bonchev–Trinajstić information content (AvgIpc) is 2.38. The zero-order chi connectivity index (χ0) is 13.0. The van der Waals surface area contributed by atoms with Crippen LogP contribution in [0.25, 0.3) is 11.1 Å². The number of benzene rings is 2. The maximum Gasteiger partial charge on any atom is 0.165 e. The summed E-state index contributed by atoms with van der Waals surface area (Å²) in [7, 11) is 0. The summed E-state index contributed by atoms with van der Waals surface area (Å²) in [6.45, 7) is 0.603. The first kappa shape index (κ1) is 15.4. The Kier molecular flexibility index (Phi) is 5.73. The maximum absolute atomic E-state index is 13.7. The normalized spacial score (nSPS) is 9.84. The van der Waals surface area contributed by atoms with E-state index in [2.05, 4.69) is 0 Å². The smallest absolute Gasteiger partial charge is 0.165 e. The van der Waals surface area contributed by atoms with Gasteiger partial charge in [-0.25, -0.2) is 8.78 Å². The Labute approximate surface area is 116 Å². The number of hydrogen-bond acceptors (Lipinski definition) is 2. The van der Waals surface area contributed by atoms with Gasteiger partial charge in [0.05, 0.1) is 0 Å². The summed E-state index contributed by atoms with van der Waals surface area (Å²) in [5.74, 6) is -0.598. The number of halogens is 3. The molecule has 0 amide bonds. The molecule has 2 rings (SSSR count). The van der Waals surface area contributed by atoms with Crippen LogP contribution >= 0.6 is 12.4 Å². The van der Waals surface area contributed by atoms with Crippen LogP contribution in [-0.4, -0.2) is 13.2 Å². The highest BCUT2D eigenvalue weighted by molar-refractivity contribution is 5.85. The number of nitrogens with two attached hydrogens (primary N) is 1. The molecule has 19 heavy (non-hydrogen) atoms. The van der Waals surface area contributed by atoms with E-state index in [4.69, 9.17) is 10.5 Å². The van der Waals surface area contributed by atoms with Crippen LogP contribution in [-0.2, 0) is 0 Å². The highest BCUT2D eigenvalue weighted by atomic mass is 35.5. The SMILES string of the molecule is Cl.NCCOc1ccc(-c2ccc(F)cc2)cc1F. The topological polar surface area (TPSA) is 35.2 Å². The number of hydrogen-bond donors (Lipinski definition) is 1. The zero-order valence-electron chi connectivity index (χ0n) is 10.1. The summed E-state index contributed by atoms with van der Waals surface area (Å²) < 4.78 is 31.6. The van der Waals surface area contributed by atoms with Crippen molar-refractivity contribution < 1.29 is 13.5 Å². The standard InChI is InChI=1S/C14H13F2NO.ClH/c15-12-4-1-10(2-5-12)11-3-6-14(13(16)9-11)18-8-7-17;/h1-6,9H,7-8,17H2;1H. The third-order valence-corrected chi connectivity index (χ3v) is 2.48. The quantitative estimate of drug-likeness (QED) is 0.934. The second-order valence-corrected chi connectivity index (χ2v) is 3.79. The van der Waals surface area contributed by atoms with Gasteiger partial charge in [-0.15, -0.1) is 12.4 Å². The molecular weight excluding hydrogens is 272 g/mol. The van der Waals surface area contributed by atoms with Crippen LogP contribution in [0.2, 0.25) is 0 Å². The minimum atomic E-state index is -0.453. The van der Waals surface area contributed by atoms with E-state index in [1.54, 1.807) is 24.3 Å². The predicted molar refractivity (Wildman–Crippen MR) is 73.6 cm³/mol. The van der Waals surface area contributed by atoms with Crippen LogP contribution in [0.1, 0.15) is 0 Å². The van der Waals surface area contributed by atoms with Gasteiger partial charge in [0.2, 0.25) is 0 Å². The van der Waals surface area contributed by atoms with Crippen molar-refractivity contribution >= 4 is 12.4 Å². The average molecular weight is 286 g/mol. The highest BCUT2D eigenvalue weighted by Gasteiger charge is 2.06. The van der Waals surface area contributed by atoms with Crippen molar-refractivity contribution in [3.63, 3.8) is 0 Å². The van der Waals surface area contributed by atoms with E-state index in [9.17, 15) is 8.78 Å². The van der Waals surface area contributed by atoms with Gasteiger partial charge in [-0.1, -0.05) is 18.2 Å². The minimum absolute atomic E-state index is 0. The Morgan fingerprint density at radius 3 is 2.16 bits per heavy atom. The number of ether oxygens (including phenoxy) is 1. The Bertz CT molecular complexity index is 531. The first-order valence-electron chi connectivity index (χ1n) is 5.59. The summed E-state index contributed by atoms with van der Waals surface area (Å²) in [5.41, 5.74) is 6.70. The third kappa shape index (κ3) is 3.91. The fraction of sp³-hybridized carbons (Fsp3) is 0.143. The van der Waals surface area contributed by atoms with Gasteiger partial charge in [0.1, 0.15) is 12.4 Å². The van der Waals surface area contributed by atoms with Crippen molar-refractivity contribution in [2.45, 2.75) is 0 Å². The Balaban J connectivity index is 0.00000180. The summed E-state index contributed by atoms with van der Waals surface area (Å²) >= 11 is 0. The molecule has 0 aliphatic carbocycles. The Hall–Kier alpha value is -1.65. The van der Waals surface area contributed by atoms with E-state index in [0.717, 1.165) is 5.56 Å². The molecule has 0 unspecified atom stereocenters. The fourth-order valence-electron chi connectivity index (χ4n) is 1.61. The Morgan fingerprint density at radius 1 is 0.947 bits per heavy atom. The van der Waals surface area contributed by atoms with Gasteiger partial charge in [-0.2, -0.15) is 0 Å². The van der Waals surface area contributed by atoms with Crippen molar-refractivity contribution in [1.82, 2.24) is 0 Å². The molecule has 0 spiro atoms. The van der Waals surface area contributed by atoms with Crippen LogP contribution in [0.5, 0.6) is 5.75 Å². The van der Waals surface area contributed by atoms with Crippen molar-refractivity contribution in [1.29, 1.82) is 0 Å². The molecule has 0 aromatic heterocycles. The summed E-state index contributed by atoms with van der Waals surface area (Å²) in [4.78, 5) is 0. The molecule has 102 valence electrons. The lowest BCUT2D eigenvalue weighted by Gasteiger charge is -2.08. The monoisotopic (exact) mass is 285 g/mol. The van der Waals surface area contributed by atoms with Gasteiger partial charge in [-0.3, -0.25) is 0 Å². The van der Waals surface area contributed by atoms with Gasteiger partial charge in [-0.05, 0) is 35.4 Å². The minimum Gasteiger partial charge on any atom is -0.489 e. The van der Waals surface area contributed by atoms with E-state index in [1.165, 1.54) is 18.2 Å². The first-order valence-corrected chi connectivity index (χ1v) is 5.59. The lowest BCUT2D eigenvalue weighted by Crippen LogP contribution is -2.11. The molecule has 2 aromatic rings. The molecule has 0 saturated heterocycles. The maximum atomic E-state index is 13.7. The zero-order valence-corrected chi connectivity index (χ0v) is 10.9. The van der Waals surface area contributed by atoms with E-state index in [1.807, 2.05) is 0 Å². The molecule has 2 N–H and O–H groups in total. The van der Waals surface area contributed by atoms with Crippen molar-refractivity contribution in [3.8, 4) is 16.9 Å². The molecule has 0 saturated carbocycles. The van der Waals surface area contributed by atoms with E-state index >= 15 is 0 Å². The summed E-state index contributed by atoms with van der Waals surface area (Å²) in [6.07, 6.45) is 0. The molecule has 0 radical (unpaired) electrons. The predicted octanol–water partition coefficient (Wildman–Crippen LogP) is 3.39. The molecule has 2 aromatic carbocycles. The second-order valence-electron chi connectivity index (χ2n) is 3.79. The summed E-state index contributed by atoms with van der Waals surface area (Å²) in [6, 6.07) is 10.5.